The van der Waals surface area contributed by atoms with Gasteiger partial charge >= 0.3 is 0 Å². The maximum absolute atomic E-state index is 12.4. The van der Waals surface area contributed by atoms with E-state index in [4.69, 9.17) is 23.2 Å². The highest BCUT2D eigenvalue weighted by atomic mass is 35.5. The first-order chi connectivity index (χ1) is 14.7. The minimum Gasteiger partial charge on any atom is -0.326 e. The molecule has 0 aliphatic rings. The lowest BCUT2D eigenvalue weighted by molar-refractivity contribution is -0.116. The van der Waals surface area contributed by atoms with Crippen LogP contribution in [0.3, 0.4) is 0 Å². The summed E-state index contributed by atoms with van der Waals surface area (Å²) in [7, 11) is 1.76. The Balaban J connectivity index is 1.55. The number of amides is 2. The summed E-state index contributed by atoms with van der Waals surface area (Å²) in [6.07, 6.45) is 0.0707. The van der Waals surface area contributed by atoms with Crippen molar-refractivity contribution < 1.29 is 9.59 Å². The molecule has 1 heterocycles. The number of carbonyl (C=O) groups excluding carboxylic acids is 2. The fourth-order valence-corrected chi connectivity index (χ4v) is 3.77. The summed E-state index contributed by atoms with van der Waals surface area (Å²) in [4.78, 5) is 24.6. The lowest BCUT2D eigenvalue weighted by atomic mass is 10.1. The molecule has 0 radical (unpaired) electrons. The smallest absolute Gasteiger partial charge is 0.234 e. The van der Waals surface area contributed by atoms with Crippen LogP contribution in [0.4, 0.5) is 11.4 Å². The van der Waals surface area contributed by atoms with Gasteiger partial charge in [-0.2, -0.15) is 0 Å². The lowest BCUT2D eigenvalue weighted by Crippen LogP contribution is -2.17. The maximum Gasteiger partial charge on any atom is 0.234 e. The van der Waals surface area contributed by atoms with Gasteiger partial charge in [-0.25, -0.2) is 0 Å². The molecule has 1 aromatic heterocycles. The molecule has 0 aliphatic carbocycles. The average molecular weight is 478 g/mol. The van der Waals surface area contributed by atoms with Crippen LogP contribution in [-0.4, -0.2) is 32.3 Å². The Hall–Kier alpha value is -2.55. The maximum atomic E-state index is 12.4. The van der Waals surface area contributed by atoms with Gasteiger partial charge in [0.25, 0.3) is 0 Å². The summed E-state index contributed by atoms with van der Waals surface area (Å²) < 4.78 is 1.70. The van der Waals surface area contributed by atoms with Crippen molar-refractivity contribution in [2.75, 3.05) is 16.4 Å². The number of hydrogen-bond donors (Lipinski definition) is 2. The van der Waals surface area contributed by atoms with Crippen LogP contribution in [0.5, 0.6) is 0 Å². The normalized spacial score (nSPS) is 10.7. The number of benzene rings is 2. The molecule has 0 saturated carbocycles. The summed E-state index contributed by atoms with van der Waals surface area (Å²) in [5.74, 6) is 0.154. The third kappa shape index (κ3) is 6.22. The predicted molar refractivity (Wildman–Crippen MR) is 125 cm³/mol. The van der Waals surface area contributed by atoms with E-state index < -0.39 is 0 Å². The highest BCUT2D eigenvalue weighted by Gasteiger charge is 2.15. The summed E-state index contributed by atoms with van der Waals surface area (Å²) in [5.41, 5.74) is 3.45. The van der Waals surface area contributed by atoms with E-state index in [-0.39, 0.29) is 24.0 Å². The zero-order chi connectivity index (χ0) is 22.5. The fourth-order valence-electron chi connectivity index (χ4n) is 2.70. The molecule has 2 N–H and O–H groups in total. The largest absolute Gasteiger partial charge is 0.326 e. The van der Waals surface area contributed by atoms with Gasteiger partial charge < -0.3 is 15.2 Å². The van der Waals surface area contributed by atoms with Crippen molar-refractivity contribution in [3.05, 3.63) is 63.4 Å². The standard InChI is InChI=1S/C21H21Cl2N5O2S/c1-12-4-6-15(8-13(12)2)24-19(29)10-18-26-27-21(28(18)3)31-11-20(30)25-17-9-14(22)5-7-16(17)23/h4-9H,10-11H2,1-3H3,(H,24,29)(H,25,30). The van der Waals surface area contributed by atoms with Gasteiger partial charge in [0.1, 0.15) is 5.82 Å². The quantitative estimate of drug-likeness (QED) is 0.483. The molecule has 0 saturated heterocycles. The monoisotopic (exact) mass is 477 g/mol. The van der Waals surface area contributed by atoms with Crippen LogP contribution in [0.15, 0.2) is 41.6 Å². The highest BCUT2D eigenvalue weighted by Crippen LogP contribution is 2.26. The van der Waals surface area contributed by atoms with Crippen LogP contribution >= 0.6 is 35.0 Å². The average Bonchev–Trinajstić information content (AvgIpc) is 3.05. The Morgan fingerprint density at radius 2 is 1.77 bits per heavy atom. The molecular formula is C21H21Cl2N5O2S. The highest BCUT2D eigenvalue weighted by molar-refractivity contribution is 7.99. The summed E-state index contributed by atoms with van der Waals surface area (Å²) in [6, 6.07) is 10.6. The van der Waals surface area contributed by atoms with Crippen molar-refractivity contribution >= 4 is 58.2 Å². The fraction of sp³-hybridized carbons (Fsp3) is 0.238. The molecule has 0 unspecified atom stereocenters. The van der Waals surface area contributed by atoms with E-state index in [2.05, 4.69) is 20.8 Å². The number of aromatic nitrogens is 3. The lowest BCUT2D eigenvalue weighted by Gasteiger charge is -2.08. The van der Waals surface area contributed by atoms with Crippen LogP contribution in [-0.2, 0) is 23.1 Å². The second kappa shape index (κ2) is 10.2. The van der Waals surface area contributed by atoms with Gasteiger partial charge in [0, 0.05) is 17.8 Å². The SMILES string of the molecule is Cc1ccc(NC(=O)Cc2nnc(SCC(=O)Nc3cc(Cl)ccc3Cl)n2C)cc1C. The number of nitrogens with zero attached hydrogens (tertiary/aromatic N) is 3. The van der Waals surface area contributed by atoms with Crippen molar-refractivity contribution in [3.63, 3.8) is 0 Å². The third-order valence-corrected chi connectivity index (χ3v) is 6.15. The van der Waals surface area contributed by atoms with E-state index in [1.54, 1.807) is 29.8 Å². The first-order valence-electron chi connectivity index (χ1n) is 9.36. The molecule has 2 amide bonds. The first kappa shape index (κ1) is 23.1. The number of hydrogen-bond acceptors (Lipinski definition) is 5. The van der Waals surface area contributed by atoms with Crippen LogP contribution < -0.4 is 10.6 Å². The van der Waals surface area contributed by atoms with Gasteiger partial charge in [-0.3, -0.25) is 9.59 Å². The summed E-state index contributed by atoms with van der Waals surface area (Å²) in [5, 5.41) is 15.2. The van der Waals surface area contributed by atoms with Gasteiger partial charge in [0.15, 0.2) is 5.16 Å². The number of aryl methyl sites for hydroxylation is 2. The summed E-state index contributed by atoms with van der Waals surface area (Å²) in [6.45, 7) is 4.01. The molecule has 0 fully saturated rings. The van der Waals surface area contributed by atoms with Crippen LogP contribution in [0.25, 0.3) is 0 Å². The van der Waals surface area contributed by atoms with Gasteiger partial charge in [-0.05, 0) is 55.3 Å². The molecule has 0 aliphatic heterocycles. The Kier molecular flexibility index (Phi) is 7.59. The van der Waals surface area contributed by atoms with Crippen LogP contribution in [0, 0.1) is 13.8 Å². The predicted octanol–water partition coefficient (Wildman–Crippen LogP) is 4.65. The Morgan fingerprint density at radius 1 is 1.00 bits per heavy atom. The Morgan fingerprint density at radius 3 is 2.52 bits per heavy atom. The minimum atomic E-state index is -0.258. The number of nitrogens with one attached hydrogen (secondary N) is 2. The zero-order valence-electron chi connectivity index (χ0n) is 17.2. The van der Waals surface area contributed by atoms with Crippen molar-refractivity contribution in [3.8, 4) is 0 Å². The molecule has 7 nitrogen and oxygen atoms in total. The molecule has 162 valence electrons. The third-order valence-electron chi connectivity index (χ3n) is 4.57. The van der Waals surface area contributed by atoms with Crippen LogP contribution in [0.1, 0.15) is 17.0 Å². The second-order valence-electron chi connectivity index (χ2n) is 6.94. The number of rotatable bonds is 7. The minimum absolute atomic E-state index is 0.0707. The Labute approximate surface area is 194 Å². The molecule has 3 aromatic rings. The number of thioether (sulfide) groups is 1. The van der Waals surface area contributed by atoms with E-state index in [1.807, 2.05) is 32.0 Å². The number of halogens is 2. The molecule has 3 rings (SSSR count). The number of carbonyl (C=O) groups is 2. The topological polar surface area (TPSA) is 88.9 Å². The van der Waals surface area contributed by atoms with Gasteiger partial charge in [0.05, 0.1) is 22.9 Å². The first-order valence-corrected chi connectivity index (χ1v) is 11.1. The van der Waals surface area contributed by atoms with Crippen molar-refractivity contribution in [2.45, 2.75) is 25.4 Å². The van der Waals surface area contributed by atoms with Crippen molar-refractivity contribution in [2.24, 2.45) is 7.05 Å². The molecule has 10 heteroatoms. The molecule has 0 spiro atoms. The Bertz CT molecular complexity index is 1130. The van der Waals surface area contributed by atoms with E-state index in [1.165, 1.54) is 11.8 Å². The van der Waals surface area contributed by atoms with E-state index in [9.17, 15) is 9.59 Å². The van der Waals surface area contributed by atoms with Crippen LogP contribution in [0.2, 0.25) is 10.0 Å². The summed E-state index contributed by atoms with van der Waals surface area (Å²) >= 11 is 13.2. The zero-order valence-corrected chi connectivity index (χ0v) is 19.5. The van der Waals surface area contributed by atoms with Gasteiger partial charge in [-0.1, -0.05) is 41.0 Å². The van der Waals surface area contributed by atoms with Gasteiger partial charge in [-0.15, -0.1) is 10.2 Å². The molecule has 0 atom stereocenters. The molecular weight excluding hydrogens is 457 g/mol. The number of anilines is 2. The van der Waals surface area contributed by atoms with E-state index in [0.717, 1.165) is 16.8 Å². The van der Waals surface area contributed by atoms with Crippen molar-refractivity contribution in [1.82, 2.24) is 14.8 Å². The second-order valence-corrected chi connectivity index (χ2v) is 8.73. The molecule has 2 aromatic carbocycles. The molecule has 31 heavy (non-hydrogen) atoms. The van der Waals surface area contributed by atoms with E-state index >= 15 is 0 Å². The molecule has 0 bridgehead atoms. The van der Waals surface area contributed by atoms with Crippen molar-refractivity contribution in [1.29, 1.82) is 0 Å². The van der Waals surface area contributed by atoms with E-state index in [0.29, 0.717) is 26.7 Å². The van der Waals surface area contributed by atoms with Gasteiger partial charge in [0.2, 0.25) is 11.8 Å².